The van der Waals surface area contributed by atoms with Crippen LogP contribution >= 0.6 is 0 Å². The lowest BCUT2D eigenvalue weighted by atomic mass is 9.90. The standard InChI is InChI=1S/C17H21N5O4/c1-10-7-14(18-17(25)26)13-8-12(3-4-16(13)22(10)11(2)24)15-9-21(5-6-23)20-19-15/h3-4,8-10,14,18,23H,5-7H2,1-2H3,(H,25,26)/t10-,14+/m0/s1. The van der Waals surface area contributed by atoms with Crippen molar-refractivity contribution in [1.29, 1.82) is 0 Å². The van der Waals surface area contributed by atoms with Gasteiger partial charge in [0.2, 0.25) is 5.91 Å². The van der Waals surface area contributed by atoms with Crippen molar-refractivity contribution in [3.05, 3.63) is 30.0 Å². The van der Waals surface area contributed by atoms with Crippen molar-refractivity contribution in [3.63, 3.8) is 0 Å². The molecule has 0 fully saturated rings. The first kappa shape index (κ1) is 17.9. The van der Waals surface area contributed by atoms with Gasteiger partial charge in [0, 0.05) is 24.2 Å². The van der Waals surface area contributed by atoms with E-state index in [9.17, 15) is 9.59 Å². The van der Waals surface area contributed by atoms with E-state index in [4.69, 9.17) is 10.2 Å². The summed E-state index contributed by atoms with van der Waals surface area (Å²) in [6.45, 7) is 3.70. The summed E-state index contributed by atoms with van der Waals surface area (Å²) in [6, 6.07) is 4.94. The summed E-state index contributed by atoms with van der Waals surface area (Å²) < 4.78 is 1.53. The third kappa shape index (κ3) is 3.38. The van der Waals surface area contributed by atoms with Crippen molar-refractivity contribution < 1.29 is 19.8 Å². The number of hydrogen-bond acceptors (Lipinski definition) is 5. The molecule has 0 unspecified atom stereocenters. The minimum Gasteiger partial charge on any atom is -0.465 e. The second kappa shape index (κ2) is 7.12. The Morgan fingerprint density at radius 3 is 2.81 bits per heavy atom. The summed E-state index contributed by atoms with van der Waals surface area (Å²) in [5.74, 6) is -0.0887. The van der Waals surface area contributed by atoms with Gasteiger partial charge in [-0.15, -0.1) is 5.10 Å². The summed E-state index contributed by atoms with van der Waals surface area (Å²) in [6.07, 6.45) is 1.09. The van der Waals surface area contributed by atoms with Gasteiger partial charge >= 0.3 is 6.09 Å². The molecule has 1 aliphatic heterocycles. The quantitative estimate of drug-likeness (QED) is 0.759. The zero-order valence-corrected chi connectivity index (χ0v) is 14.6. The molecule has 138 valence electrons. The lowest BCUT2D eigenvalue weighted by Gasteiger charge is -2.39. The van der Waals surface area contributed by atoms with Crippen molar-refractivity contribution in [2.24, 2.45) is 0 Å². The number of aliphatic hydroxyl groups is 1. The predicted octanol–water partition coefficient (Wildman–Crippen LogP) is 1.39. The molecule has 0 radical (unpaired) electrons. The highest BCUT2D eigenvalue weighted by atomic mass is 16.4. The molecule has 1 aliphatic rings. The van der Waals surface area contributed by atoms with Crippen LogP contribution in [0.25, 0.3) is 11.3 Å². The SMILES string of the molecule is CC(=O)N1c2ccc(-c3cn(CCO)nn3)cc2[C@H](NC(=O)O)C[C@@H]1C. The third-order valence-electron chi connectivity index (χ3n) is 4.48. The summed E-state index contributed by atoms with van der Waals surface area (Å²) in [5.41, 5.74) is 2.81. The predicted molar refractivity (Wildman–Crippen MR) is 93.7 cm³/mol. The van der Waals surface area contributed by atoms with E-state index < -0.39 is 12.1 Å². The minimum absolute atomic E-state index is 0.0386. The van der Waals surface area contributed by atoms with Gasteiger partial charge in [0.25, 0.3) is 0 Å². The van der Waals surface area contributed by atoms with Crippen LogP contribution < -0.4 is 10.2 Å². The monoisotopic (exact) mass is 359 g/mol. The highest BCUT2D eigenvalue weighted by molar-refractivity contribution is 5.94. The average Bonchev–Trinajstić information content (AvgIpc) is 3.02. The van der Waals surface area contributed by atoms with Crippen LogP contribution in [0.2, 0.25) is 0 Å². The number of nitrogens with zero attached hydrogens (tertiary/aromatic N) is 4. The number of amides is 2. The Balaban J connectivity index is 2.04. The summed E-state index contributed by atoms with van der Waals surface area (Å²) >= 11 is 0. The van der Waals surface area contributed by atoms with Gasteiger partial charge in [0.15, 0.2) is 0 Å². The fourth-order valence-corrected chi connectivity index (χ4v) is 3.43. The average molecular weight is 359 g/mol. The lowest BCUT2D eigenvalue weighted by Crippen LogP contribution is -2.45. The molecule has 2 atom stereocenters. The van der Waals surface area contributed by atoms with Crippen LogP contribution in [0, 0.1) is 0 Å². The molecule has 2 heterocycles. The van der Waals surface area contributed by atoms with E-state index in [2.05, 4.69) is 15.6 Å². The number of benzene rings is 1. The number of anilines is 1. The van der Waals surface area contributed by atoms with Gasteiger partial charge in [0.05, 0.1) is 25.4 Å². The maximum absolute atomic E-state index is 12.1. The molecule has 3 N–H and O–H groups in total. The van der Waals surface area contributed by atoms with Crippen LogP contribution in [-0.2, 0) is 11.3 Å². The molecular formula is C17H21N5O4. The Labute approximate surface area is 150 Å². The lowest BCUT2D eigenvalue weighted by molar-refractivity contribution is -0.117. The van der Waals surface area contributed by atoms with Crippen LogP contribution in [0.3, 0.4) is 0 Å². The van der Waals surface area contributed by atoms with Gasteiger partial charge in [-0.2, -0.15) is 0 Å². The summed E-state index contributed by atoms with van der Waals surface area (Å²) in [4.78, 5) is 24.9. The second-order valence-electron chi connectivity index (χ2n) is 6.34. The van der Waals surface area contributed by atoms with E-state index >= 15 is 0 Å². The minimum atomic E-state index is -1.11. The van der Waals surface area contributed by atoms with E-state index in [1.807, 2.05) is 25.1 Å². The van der Waals surface area contributed by atoms with Crippen LogP contribution in [0.5, 0.6) is 0 Å². The molecule has 0 aliphatic carbocycles. The van der Waals surface area contributed by atoms with Gasteiger partial charge in [-0.05, 0) is 31.0 Å². The number of nitrogens with one attached hydrogen (secondary N) is 1. The maximum Gasteiger partial charge on any atom is 0.405 e. The molecule has 0 bridgehead atoms. The van der Waals surface area contributed by atoms with Crippen molar-refractivity contribution >= 4 is 17.7 Å². The van der Waals surface area contributed by atoms with Crippen LogP contribution in [0.1, 0.15) is 31.9 Å². The number of fused-ring (bicyclic) bond motifs is 1. The maximum atomic E-state index is 12.1. The number of hydrogen-bond donors (Lipinski definition) is 3. The zero-order chi connectivity index (χ0) is 18.8. The largest absolute Gasteiger partial charge is 0.465 e. The summed E-state index contributed by atoms with van der Waals surface area (Å²) in [5, 5.41) is 28.7. The van der Waals surface area contributed by atoms with Crippen LogP contribution in [-0.4, -0.2) is 49.9 Å². The van der Waals surface area contributed by atoms with E-state index in [1.54, 1.807) is 11.1 Å². The first-order chi connectivity index (χ1) is 12.4. The molecule has 0 saturated carbocycles. The van der Waals surface area contributed by atoms with Crippen molar-refractivity contribution in [3.8, 4) is 11.3 Å². The molecule has 9 heteroatoms. The highest BCUT2D eigenvalue weighted by Crippen LogP contribution is 2.39. The topological polar surface area (TPSA) is 121 Å². The molecule has 26 heavy (non-hydrogen) atoms. The Bertz CT molecular complexity index is 834. The fourth-order valence-electron chi connectivity index (χ4n) is 3.43. The molecule has 1 aromatic carbocycles. The van der Waals surface area contributed by atoms with Crippen molar-refractivity contribution in [2.75, 3.05) is 11.5 Å². The molecule has 0 spiro atoms. The molecule has 1 aromatic heterocycles. The molecule has 9 nitrogen and oxygen atoms in total. The van der Waals surface area contributed by atoms with E-state index in [1.165, 1.54) is 11.6 Å². The molecule has 2 aromatic rings. The van der Waals surface area contributed by atoms with Gasteiger partial charge in [-0.25, -0.2) is 9.48 Å². The Hall–Kier alpha value is -2.94. The first-order valence-electron chi connectivity index (χ1n) is 8.35. The second-order valence-corrected chi connectivity index (χ2v) is 6.34. The van der Waals surface area contributed by atoms with E-state index in [0.29, 0.717) is 24.3 Å². The van der Waals surface area contributed by atoms with Gasteiger partial charge in [-0.1, -0.05) is 11.3 Å². The smallest absolute Gasteiger partial charge is 0.405 e. The van der Waals surface area contributed by atoms with Crippen LogP contribution in [0.15, 0.2) is 24.4 Å². The number of aliphatic hydroxyl groups excluding tert-OH is 1. The Morgan fingerprint density at radius 1 is 1.38 bits per heavy atom. The van der Waals surface area contributed by atoms with Gasteiger partial charge < -0.3 is 20.4 Å². The highest BCUT2D eigenvalue weighted by Gasteiger charge is 2.33. The number of aromatic nitrogens is 3. The first-order valence-corrected chi connectivity index (χ1v) is 8.35. The molecular weight excluding hydrogens is 338 g/mol. The fraction of sp³-hybridized carbons (Fsp3) is 0.412. The Kier molecular flexibility index (Phi) is 4.90. The van der Waals surface area contributed by atoms with Crippen molar-refractivity contribution in [1.82, 2.24) is 20.3 Å². The van der Waals surface area contributed by atoms with Gasteiger partial charge in [-0.3, -0.25) is 4.79 Å². The third-order valence-corrected chi connectivity index (χ3v) is 4.48. The van der Waals surface area contributed by atoms with Crippen LogP contribution in [0.4, 0.5) is 10.5 Å². The van der Waals surface area contributed by atoms with E-state index in [0.717, 1.165) is 11.1 Å². The van der Waals surface area contributed by atoms with Crippen molar-refractivity contribution in [2.45, 2.75) is 38.9 Å². The number of rotatable bonds is 4. The summed E-state index contributed by atoms with van der Waals surface area (Å²) in [7, 11) is 0. The number of carbonyl (C=O) groups is 2. The van der Waals surface area contributed by atoms with E-state index in [-0.39, 0.29) is 18.6 Å². The molecule has 3 rings (SSSR count). The zero-order valence-electron chi connectivity index (χ0n) is 14.6. The molecule has 2 amide bonds. The number of carbonyl (C=O) groups excluding carboxylic acids is 1. The van der Waals surface area contributed by atoms with Gasteiger partial charge in [0.1, 0.15) is 5.69 Å². The Morgan fingerprint density at radius 2 is 2.15 bits per heavy atom. The number of carboxylic acid groups (broad SMARTS) is 1. The normalized spacial score (nSPS) is 19.1. The molecule has 0 saturated heterocycles.